The number of nitro groups is 1. The van der Waals surface area contributed by atoms with Gasteiger partial charge in [-0.1, -0.05) is 19.1 Å². The summed E-state index contributed by atoms with van der Waals surface area (Å²) in [6.07, 6.45) is 0. The predicted molar refractivity (Wildman–Crippen MR) is 62.9 cm³/mol. The number of nitro benzene ring substituents is 1. The van der Waals surface area contributed by atoms with Gasteiger partial charge in [-0.05, 0) is 19.2 Å². The maximum Gasteiger partial charge on any atom is 0.293 e. The van der Waals surface area contributed by atoms with Gasteiger partial charge in [0, 0.05) is 12.6 Å². The first-order chi connectivity index (χ1) is 7.60. The van der Waals surface area contributed by atoms with Crippen LogP contribution in [0.1, 0.15) is 12.5 Å². The summed E-state index contributed by atoms with van der Waals surface area (Å²) in [5.74, 6) is 5.33. The average Bonchev–Trinajstić information content (AvgIpc) is 2.28. The number of nitrogens with zero attached hydrogens (tertiary/aromatic N) is 2. The van der Waals surface area contributed by atoms with Crippen LogP contribution >= 0.6 is 0 Å². The zero-order valence-corrected chi connectivity index (χ0v) is 9.43. The van der Waals surface area contributed by atoms with Crippen LogP contribution in [0.25, 0.3) is 0 Å². The topological polar surface area (TPSA) is 84.4 Å². The van der Waals surface area contributed by atoms with Crippen LogP contribution in [0.15, 0.2) is 18.2 Å². The lowest BCUT2D eigenvalue weighted by atomic mass is 10.1. The number of rotatable bonds is 5. The van der Waals surface area contributed by atoms with Crippen molar-refractivity contribution in [2.75, 3.05) is 19.0 Å². The molecule has 0 aliphatic heterocycles. The van der Waals surface area contributed by atoms with E-state index in [9.17, 15) is 10.1 Å². The van der Waals surface area contributed by atoms with Crippen LogP contribution in [0.3, 0.4) is 0 Å². The van der Waals surface area contributed by atoms with Crippen LogP contribution in [0, 0.1) is 10.1 Å². The molecule has 0 spiro atoms. The lowest BCUT2D eigenvalue weighted by molar-refractivity contribution is -0.384. The smallest absolute Gasteiger partial charge is 0.293 e. The Kier molecular flexibility index (Phi) is 4.21. The van der Waals surface area contributed by atoms with Crippen molar-refractivity contribution in [3.05, 3.63) is 33.9 Å². The number of hydrogen-bond donors (Lipinski definition) is 2. The zero-order chi connectivity index (χ0) is 12.1. The van der Waals surface area contributed by atoms with Crippen molar-refractivity contribution in [3.8, 4) is 0 Å². The van der Waals surface area contributed by atoms with Crippen LogP contribution in [0.5, 0.6) is 0 Å². The molecule has 0 radical (unpaired) electrons. The normalized spacial score (nSPS) is 10.5. The SMILES string of the molecule is CCN(C)Cc1cccc([N+](=O)[O-])c1NN. The molecule has 0 fully saturated rings. The number of hydrazine groups is 1. The van der Waals surface area contributed by atoms with Gasteiger partial charge in [0.25, 0.3) is 5.69 Å². The first kappa shape index (κ1) is 12.4. The number of anilines is 1. The number of nitrogens with two attached hydrogens (primary N) is 1. The second-order valence-corrected chi connectivity index (χ2v) is 3.54. The number of nitrogen functional groups attached to an aromatic ring is 1. The van der Waals surface area contributed by atoms with Crippen molar-refractivity contribution in [1.82, 2.24) is 4.90 Å². The van der Waals surface area contributed by atoms with E-state index in [0.29, 0.717) is 12.2 Å². The van der Waals surface area contributed by atoms with Gasteiger partial charge < -0.3 is 10.3 Å². The minimum Gasteiger partial charge on any atom is -0.318 e. The van der Waals surface area contributed by atoms with Crippen LogP contribution in [0.4, 0.5) is 11.4 Å². The van der Waals surface area contributed by atoms with E-state index in [2.05, 4.69) is 5.43 Å². The molecule has 6 heteroatoms. The standard InChI is InChI=1S/C10H16N4O2/c1-3-13(2)7-8-5-4-6-9(14(15)16)10(8)12-11/h4-6,12H,3,7,11H2,1-2H3. The van der Waals surface area contributed by atoms with Crippen LogP contribution < -0.4 is 11.3 Å². The Bertz CT molecular complexity index is 381. The molecule has 1 aromatic rings. The quantitative estimate of drug-likeness (QED) is 0.448. The van der Waals surface area contributed by atoms with Gasteiger partial charge >= 0.3 is 0 Å². The molecule has 1 rings (SSSR count). The lowest BCUT2D eigenvalue weighted by Gasteiger charge is -2.16. The fourth-order valence-electron chi connectivity index (χ4n) is 1.44. The van der Waals surface area contributed by atoms with Gasteiger partial charge in [0.2, 0.25) is 0 Å². The van der Waals surface area contributed by atoms with Crippen LogP contribution in [-0.4, -0.2) is 23.4 Å². The molecule has 6 nitrogen and oxygen atoms in total. The minimum absolute atomic E-state index is 0.00417. The van der Waals surface area contributed by atoms with Crippen molar-refractivity contribution in [1.29, 1.82) is 0 Å². The molecule has 0 aliphatic carbocycles. The maximum absolute atomic E-state index is 10.8. The largest absolute Gasteiger partial charge is 0.318 e. The average molecular weight is 224 g/mol. The molecule has 0 unspecified atom stereocenters. The van der Waals surface area contributed by atoms with E-state index in [1.54, 1.807) is 6.07 Å². The van der Waals surface area contributed by atoms with Gasteiger partial charge in [-0.3, -0.25) is 16.0 Å². The summed E-state index contributed by atoms with van der Waals surface area (Å²) in [5, 5.41) is 10.8. The summed E-state index contributed by atoms with van der Waals surface area (Å²) in [7, 11) is 1.94. The van der Waals surface area contributed by atoms with Gasteiger partial charge in [-0.2, -0.15) is 0 Å². The monoisotopic (exact) mass is 224 g/mol. The molecular weight excluding hydrogens is 208 g/mol. The maximum atomic E-state index is 10.8. The summed E-state index contributed by atoms with van der Waals surface area (Å²) >= 11 is 0. The molecule has 88 valence electrons. The number of nitrogens with one attached hydrogen (secondary N) is 1. The highest BCUT2D eigenvalue weighted by molar-refractivity contribution is 5.65. The van der Waals surface area contributed by atoms with E-state index in [1.165, 1.54) is 6.07 Å². The molecule has 3 N–H and O–H groups in total. The summed E-state index contributed by atoms with van der Waals surface area (Å²) < 4.78 is 0. The van der Waals surface area contributed by atoms with E-state index < -0.39 is 4.92 Å². The first-order valence-corrected chi connectivity index (χ1v) is 5.01. The molecular formula is C10H16N4O2. The van der Waals surface area contributed by atoms with Crippen LogP contribution in [-0.2, 0) is 6.54 Å². The Balaban J connectivity index is 3.08. The highest BCUT2D eigenvalue weighted by atomic mass is 16.6. The van der Waals surface area contributed by atoms with E-state index in [-0.39, 0.29) is 5.69 Å². The molecule has 0 aromatic heterocycles. The number of hydrogen-bond acceptors (Lipinski definition) is 5. The fourth-order valence-corrected chi connectivity index (χ4v) is 1.44. The van der Waals surface area contributed by atoms with E-state index >= 15 is 0 Å². The van der Waals surface area contributed by atoms with Crippen molar-refractivity contribution in [3.63, 3.8) is 0 Å². The van der Waals surface area contributed by atoms with Gasteiger partial charge in [-0.15, -0.1) is 0 Å². The Hall–Kier alpha value is -1.66. The second kappa shape index (κ2) is 5.43. The van der Waals surface area contributed by atoms with Gasteiger partial charge in [0.1, 0.15) is 5.69 Å². The van der Waals surface area contributed by atoms with Crippen LogP contribution in [0.2, 0.25) is 0 Å². The highest BCUT2D eigenvalue weighted by Gasteiger charge is 2.16. The fraction of sp³-hybridized carbons (Fsp3) is 0.400. The predicted octanol–water partition coefficient (Wildman–Crippen LogP) is 1.33. The minimum atomic E-state index is -0.440. The molecule has 0 aliphatic rings. The summed E-state index contributed by atoms with van der Waals surface area (Å²) in [5.41, 5.74) is 3.61. The molecule has 0 atom stereocenters. The molecule has 0 saturated carbocycles. The third-order valence-electron chi connectivity index (χ3n) is 2.45. The first-order valence-electron chi connectivity index (χ1n) is 5.01. The molecule has 1 aromatic carbocycles. The molecule has 0 saturated heterocycles. The van der Waals surface area contributed by atoms with E-state index in [1.807, 2.05) is 24.9 Å². The molecule has 0 amide bonds. The summed E-state index contributed by atoms with van der Waals surface area (Å²) in [6, 6.07) is 4.93. The van der Waals surface area contributed by atoms with Crippen molar-refractivity contribution in [2.45, 2.75) is 13.5 Å². The van der Waals surface area contributed by atoms with Crippen molar-refractivity contribution < 1.29 is 4.92 Å². The third kappa shape index (κ3) is 2.68. The summed E-state index contributed by atoms with van der Waals surface area (Å²) in [6.45, 7) is 3.51. The Morgan fingerprint density at radius 2 is 2.25 bits per heavy atom. The Morgan fingerprint density at radius 3 is 2.75 bits per heavy atom. The molecule has 0 heterocycles. The lowest BCUT2D eigenvalue weighted by Crippen LogP contribution is -2.19. The van der Waals surface area contributed by atoms with Crippen molar-refractivity contribution in [2.24, 2.45) is 5.84 Å². The highest BCUT2D eigenvalue weighted by Crippen LogP contribution is 2.27. The van der Waals surface area contributed by atoms with E-state index in [0.717, 1.165) is 12.1 Å². The Labute approximate surface area is 94.2 Å². The number of para-hydroxylation sites is 1. The second-order valence-electron chi connectivity index (χ2n) is 3.54. The van der Waals surface area contributed by atoms with Gasteiger partial charge in [0.15, 0.2) is 0 Å². The number of benzene rings is 1. The van der Waals surface area contributed by atoms with Crippen molar-refractivity contribution >= 4 is 11.4 Å². The third-order valence-corrected chi connectivity index (χ3v) is 2.45. The summed E-state index contributed by atoms with van der Waals surface area (Å²) in [4.78, 5) is 12.4. The zero-order valence-electron chi connectivity index (χ0n) is 9.43. The molecule has 16 heavy (non-hydrogen) atoms. The van der Waals surface area contributed by atoms with E-state index in [4.69, 9.17) is 5.84 Å². The van der Waals surface area contributed by atoms with Gasteiger partial charge in [0.05, 0.1) is 4.92 Å². The molecule has 0 bridgehead atoms. The Morgan fingerprint density at radius 1 is 1.56 bits per heavy atom. The van der Waals surface area contributed by atoms with Gasteiger partial charge in [-0.25, -0.2) is 0 Å².